The number of benzene rings is 1. The smallest absolute Gasteiger partial charge is 0.122 e. The molecule has 84 valence electrons. The fourth-order valence-electron chi connectivity index (χ4n) is 1.35. The molecule has 0 fully saturated rings. The SMILES string of the molecule is CC(C)c1cc(Br)ccc1OCCCS. The monoisotopic (exact) mass is 288 g/mol. The molecule has 0 atom stereocenters. The Kier molecular flexibility index (Phi) is 5.54. The zero-order valence-electron chi connectivity index (χ0n) is 9.16. The van der Waals surface area contributed by atoms with Gasteiger partial charge in [-0.05, 0) is 41.9 Å². The Morgan fingerprint density at radius 3 is 2.73 bits per heavy atom. The van der Waals surface area contributed by atoms with E-state index in [2.05, 4.69) is 48.5 Å². The molecule has 0 aliphatic heterocycles. The summed E-state index contributed by atoms with van der Waals surface area (Å²) in [5.41, 5.74) is 1.25. The minimum atomic E-state index is 0.480. The number of halogens is 1. The van der Waals surface area contributed by atoms with Crippen molar-refractivity contribution in [2.24, 2.45) is 0 Å². The van der Waals surface area contributed by atoms with Crippen LogP contribution in [0, 0.1) is 0 Å². The lowest BCUT2D eigenvalue weighted by atomic mass is 10.0. The molecule has 0 aliphatic carbocycles. The molecule has 0 saturated heterocycles. The fourth-order valence-corrected chi connectivity index (χ4v) is 1.86. The quantitative estimate of drug-likeness (QED) is 0.629. The Hall–Kier alpha value is -0.150. The van der Waals surface area contributed by atoms with Gasteiger partial charge in [-0.3, -0.25) is 0 Å². The van der Waals surface area contributed by atoms with Crippen LogP contribution in [-0.2, 0) is 0 Å². The second-order valence-electron chi connectivity index (χ2n) is 3.76. The van der Waals surface area contributed by atoms with E-state index in [-0.39, 0.29) is 0 Å². The van der Waals surface area contributed by atoms with Crippen molar-refractivity contribution >= 4 is 28.6 Å². The highest BCUT2D eigenvalue weighted by atomic mass is 79.9. The minimum Gasteiger partial charge on any atom is -0.493 e. The van der Waals surface area contributed by atoms with Gasteiger partial charge in [-0.15, -0.1) is 0 Å². The van der Waals surface area contributed by atoms with E-state index in [4.69, 9.17) is 4.74 Å². The van der Waals surface area contributed by atoms with E-state index in [0.29, 0.717) is 5.92 Å². The summed E-state index contributed by atoms with van der Waals surface area (Å²) < 4.78 is 6.83. The summed E-state index contributed by atoms with van der Waals surface area (Å²) >= 11 is 7.64. The average molecular weight is 289 g/mol. The Balaban J connectivity index is 2.77. The molecule has 1 aromatic carbocycles. The van der Waals surface area contributed by atoms with E-state index >= 15 is 0 Å². The molecule has 1 nitrogen and oxygen atoms in total. The first-order chi connectivity index (χ1) is 7.15. The van der Waals surface area contributed by atoms with E-state index in [1.165, 1.54) is 5.56 Å². The van der Waals surface area contributed by atoms with Gasteiger partial charge in [-0.25, -0.2) is 0 Å². The molecular weight excluding hydrogens is 272 g/mol. The highest BCUT2D eigenvalue weighted by Gasteiger charge is 2.08. The van der Waals surface area contributed by atoms with Crippen molar-refractivity contribution in [3.05, 3.63) is 28.2 Å². The third-order valence-corrected chi connectivity index (χ3v) is 2.96. The molecule has 0 saturated carbocycles. The fraction of sp³-hybridized carbons (Fsp3) is 0.500. The molecule has 0 aromatic heterocycles. The van der Waals surface area contributed by atoms with Crippen LogP contribution in [0.4, 0.5) is 0 Å². The second-order valence-corrected chi connectivity index (χ2v) is 5.13. The molecule has 0 heterocycles. The van der Waals surface area contributed by atoms with Crippen molar-refractivity contribution in [1.29, 1.82) is 0 Å². The molecule has 0 bridgehead atoms. The molecule has 1 aromatic rings. The zero-order chi connectivity index (χ0) is 11.3. The predicted octanol–water partition coefficient (Wildman–Crippen LogP) is 4.27. The third kappa shape index (κ3) is 4.07. The Morgan fingerprint density at radius 2 is 2.13 bits per heavy atom. The molecule has 3 heteroatoms. The Bertz CT molecular complexity index is 312. The first-order valence-electron chi connectivity index (χ1n) is 5.18. The summed E-state index contributed by atoms with van der Waals surface area (Å²) in [5, 5.41) is 0. The summed E-state index contributed by atoms with van der Waals surface area (Å²) in [4.78, 5) is 0. The van der Waals surface area contributed by atoms with Crippen molar-refractivity contribution < 1.29 is 4.74 Å². The molecule has 15 heavy (non-hydrogen) atoms. The predicted molar refractivity (Wildman–Crippen MR) is 72.2 cm³/mol. The van der Waals surface area contributed by atoms with E-state index in [1.807, 2.05) is 12.1 Å². The lowest BCUT2D eigenvalue weighted by Crippen LogP contribution is -2.01. The Morgan fingerprint density at radius 1 is 1.40 bits per heavy atom. The maximum absolute atomic E-state index is 5.72. The molecule has 0 spiro atoms. The van der Waals surface area contributed by atoms with Gasteiger partial charge in [0, 0.05) is 4.47 Å². The van der Waals surface area contributed by atoms with Crippen LogP contribution >= 0.6 is 28.6 Å². The molecule has 1 rings (SSSR count). The van der Waals surface area contributed by atoms with Gasteiger partial charge in [0.2, 0.25) is 0 Å². The van der Waals surface area contributed by atoms with Gasteiger partial charge in [-0.2, -0.15) is 12.6 Å². The van der Waals surface area contributed by atoms with Gasteiger partial charge in [0.15, 0.2) is 0 Å². The van der Waals surface area contributed by atoms with Gasteiger partial charge < -0.3 is 4.74 Å². The van der Waals surface area contributed by atoms with Crippen molar-refractivity contribution in [3.63, 3.8) is 0 Å². The number of rotatable bonds is 5. The van der Waals surface area contributed by atoms with Crippen LogP contribution in [0.3, 0.4) is 0 Å². The van der Waals surface area contributed by atoms with Gasteiger partial charge in [0.25, 0.3) is 0 Å². The first-order valence-corrected chi connectivity index (χ1v) is 6.60. The Labute approximate surface area is 106 Å². The lowest BCUT2D eigenvalue weighted by molar-refractivity contribution is 0.314. The minimum absolute atomic E-state index is 0.480. The van der Waals surface area contributed by atoms with Crippen LogP contribution in [0.1, 0.15) is 31.7 Å². The maximum Gasteiger partial charge on any atom is 0.122 e. The van der Waals surface area contributed by atoms with E-state index < -0.39 is 0 Å². The summed E-state index contributed by atoms with van der Waals surface area (Å²) in [6.07, 6.45) is 0.983. The van der Waals surface area contributed by atoms with E-state index in [1.54, 1.807) is 0 Å². The van der Waals surface area contributed by atoms with Crippen molar-refractivity contribution in [2.75, 3.05) is 12.4 Å². The second kappa shape index (κ2) is 6.44. The van der Waals surface area contributed by atoms with Crippen LogP contribution in [-0.4, -0.2) is 12.4 Å². The number of hydrogen-bond acceptors (Lipinski definition) is 2. The average Bonchev–Trinajstić information content (AvgIpc) is 2.20. The van der Waals surface area contributed by atoms with Gasteiger partial charge in [0.1, 0.15) is 5.75 Å². The van der Waals surface area contributed by atoms with Crippen LogP contribution in [0.15, 0.2) is 22.7 Å². The molecule has 0 unspecified atom stereocenters. The topological polar surface area (TPSA) is 9.23 Å². The molecule has 0 radical (unpaired) electrons. The summed E-state index contributed by atoms with van der Waals surface area (Å²) in [7, 11) is 0. The molecule has 0 amide bonds. The van der Waals surface area contributed by atoms with Crippen molar-refractivity contribution in [1.82, 2.24) is 0 Å². The van der Waals surface area contributed by atoms with Gasteiger partial charge in [0.05, 0.1) is 6.61 Å². The molecule has 0 N–H and O–H groups in total. The number of thiol groups is 1. The number of ether oxygens (including phenoxy) is 1. The number of hydrogen-bond donors (Lipinski definition) is 1. The van der Waals surface area contributed by atoms with E-state index in [0.717, 1.165) is 29.0 Å². The standard InChI is InChI=1S/C12H17BrOS/c1-9(2)11-8-10(13)4-5-12(11)14-6-3-7-15/h4-5,8-9,15H,3,6-7H2,1-2H3. The van der Waals surface area contributed by atoms with Crippen LogP contribution in [0.2, 0.25) is 0 Å². The van der Waals surface area contributed by atoms with Crippen molar-refractivity contribution in [2.45, 2.75) is 26.2 Å². The zero-order valence-corrected chi connectivity index (χ0v) is 11.6. The van der Waals surface area contributed by atoms with Gasteiger partial charge >= 0.3 is 0 Å². The first kappa shape index (κ1) is 12.9. The maximum atomic E-state index is 5.72. The summed E-state index contributed by atoms with van der Waals surface area (Å²) in [6, 6.07) is 6.17. The lowest BCUT2D eigenvalue weighted by Gasteiger charge is -2.14. The van der Waals surface area contributed by atoms with Gasteiger partial charge in [-0.1, -0.05) is 29.8 Å². The van der Waals surface area contributed by atoms with E-state index in [9.17, 15) is 0 Å². The normalized spacial score (nSPS) is 10.7. The largest absolute Gasteiger partial charge is 0.493 e. The van der Waals surface area contributed by atoms with Crippen LogP contribution in [0.5, 0.6) is 5.75 Å². The molecular formula is C12H17BrOS. The highest BCUT2D eigenvalue weighted by Crippen LogP contribution is 2.29. The summed E-state index contributed by atoms with van der Waals surface area (Å²) in [6.45, 7) is 5.09. The van der Waals surface area contributed by atoms with Crippen LogP contribution < -0.4 is 4.74 Å². The molecule has 0 aliphatic rings. The van der Waals surface area contributed by atoms with Crippen LogP contribution in [0.25, 0.3) is 0 Å². The highest BCUT2D eigenvalue weighted by molar-refractivity contribution is 9.10. The van der Waals surface area contributed by atoms with Crippen molar-refractivity contribution in [3.8, 4) is 5.75 Å². The summed E-state index contributed by atoms with van der Waals surface area (Å²) in [5.74, 6) is 2.34. The third-order valence-electron chi connectivity index (χ3n) is 2.15.